The predicted molar refractivity (Wildman–Crippen MR) is 572 cm³/mol. The van der Waals surface area contributed by atoms with Crippen LogP contribution in [0.5, 0.6) is 0 Å². The predicted octanol–water partition coefficient (Wildman–Crippen LogP) is 32.6. The number of nitrogens with zero attached hydrogens (tertiary/aromatic N) is 4. The summed E-state index contributed by atoms with van der Waals surface area (Å²) >= 11 is 0. The summed E-state index contributed by atoms with van der Waals surface area (Å²) in [5.41, 5.74) is 50.4. The van der Waals surface area contributed by atoms with E-state index in [9.17, 15) is 0 Å². The molecule has 1 saturated carbocycles. The molecular weight excluding hydrogens is 1680 g/mol. The van der Waals surface area contributed by atoms with Crippen LogP contribution in [-0.4, -0.2) is 0 Å². The summed E-state index contributed by atoms with van der Waals surface area (Å²) in [6.45, 7) is 41.0. The zero-order valence-electron chi connectivity index (χ0n) is 84.8. The van der Waals surface area contributed by atoms with Crippen molar-refractivity contribution in [1.29, 1.82) is 0 Å². The van der Waals surface area contributed by atoms with Crippen molar-refractivity contribution in [1.82, 2.24) is 0 Å². The first kappa shape index (κ1) is 89.6. The number of aromatic nitrogens is 4. The van der Waals surface area contributed by atoms with E-state index in [0.29, 0.717) is 23.7 Å². The number of hydrogen-bond acceptors (Lipinski definition) is 4. The first-order valence-corrected chi connectivity index (χ1v) is 50.6. The van der Waals surface area contributed by atoms with E-state index in [1.165, 1.54) is 247 Å². The minimum Gasteiger partial charge on any atom is -0.455 e. The van der Waals surface area contributed by atoms with Crippen LogP contribution < -0.4 is 18.3 Å². The van der Waals surface area contributed by atoms with Crippen LogP contribution in [0.4, 0.5) is 0 Å². The Morgan fingerprint density at radius 2 is 0.565 bits per heavy atom. The molecule has 1 fully saturated rings. The van der Waals surface area contributed by atoms with Crippen molar-refractivity contribution in [2.45, 2.75) is 198 Å². The first-order valence-electron chi connectivity index (χ1n) is 50.6. The summed E-state index contributed by atoms with van der Waals surface area (Å²) in [4.78, 5) is 0. The molecule has 690 valence electrons. The number of furan rings is 4. The summed E-state index contributed by atoms with van der Waals surface area (Å²) in [5, 5.41) is 10.0. The quantitative estimate of drug-likeness (QED) is 0.114. The summed E-state index contributed by atoms with van der Waals surface area (Å²) < 4.78 is 35.7. The molecule has 0 radical (unpaired) electrons. The van der Waals surface area contributed by atoms with E-state index in [2.05, 4.69) is 439 Å². The van der Waals surface area contributed by atoms with Gasteiger partial charge in [-0.05, 0) is 275 Å². The van der Waals surface area contributed by atoms with Crippen LogP contribution in [0.15, 0.2) is 285 Å². The smallest absolute Gasteiger partial charge is 0.216 e. The summed E-state index contributed by atoms with van der Waals surface area (Å²) in [6.07, 6.45) is 18.2. The van der Waals surface area contributed by atoms with Crippen molar-refractivity contribution in [3.63, 3.8) is 0 Å². The molecule has 0 atom stereocenters. The second-order valence-electron chi connectivity index (χ2n) is 43.8. The Morgan fingerprint density at radius 1 is 0.268 bits per heavy atom. The molecule has 0 saturated heterocycles. The largest absolute Gasteiger partial charge is 0.455 e. The van der Waals surface area contributed by atoms with E-state index in [1.807, 2.05) is 0 Å². The maximum atomic E-state index is 6.83. The average molecular weight is 1810 g/mol. The van der Waals surface area contributed by atoms with Gasteiger partial charge < -0.3 is 17.7 Å². The Hall–Kier alpha value is -13.6. The normalized spacial score (nSPS) is 14.7. The number of aryl methyl sites for hydroxylation is 12. The highest BCUT2D eigenvalue weighted by atomic mass is 16.3. The van der Waals surface area contributed by atoms with Crippen molar-refractivity contribution < 1.29 is 35.9 Å². The van der Waals surface area contributed by atoms with E-state index < -0.39 is 0 Å². The molecule has 0 aliphatic heterocycles. The van der Waals surface area contributed by atoms with Gasteiger partial charge in [0.15, 0.2) is 24.8 Å². The lowest BCUT2D eigenvalue weighted by Crippen LogP contribution is -2.30. The Balaban J connectivity index is 0.000000106. The van der Waals surface area contributed by atoms with Crippen LogP contribution in [-0.2, 0) is 49.9 Å². The van der Waals surface area contributed by atoms with Crippen LogP contribution >= 0.6 is 0 Å². The van der Waals surface area contributed by atoms with Gasteiger partial charge in [-0.15, -0.1) is 0 Å². The molecule has 5 aliphatic rings. The first-order chi connectivity index (χ1) is 66.4. The zero-order valence-corrected chi connectivity index (χ0v) is 84.8. The lowest BCUT2D eigenvalue weighted by Gasteiger charge is -2.36. The Labute approximate surface area is 813 Å². The molecule has 1 spiro atoms. The lowest BCUT2D eigenvalue weighted by atomic mass is 9.67. The number of pyridine rings is 4. The molecule has 0 bridgehead atoms. The van der Waals surface area contributed by atoms with E-state index in [-0.39, 0.29) is 21.7 Å². The Kier molecular flexibility index (Phi) is 21.9. The third kappa shape index (κ3) is 14.0. The van der Waals surface area contributed by atoms with Gasteiger partial charge in [0.1, 0.15) is 72.9 Å². The second-order valence-corrected chi connectivity index (χ2v) is 43.8. The summed E-state index contributed by atoms with van der Waals surface area (Å²) in [6, 6.07) is 90.2. The molecule has 20 aromatic rings. The highest BCUT2D eigenvalue weighted by Gasteiger charge is 2.50. The molecule has 0 unspecified atom stereocenters. The van der Waals surface area contributed by atoms with E-state index in [4.69, 9.17) is 17.7 Å². The van der Waals surface area contributed by atoms with Gasteiger partial charge >= 0.3 is 0 Å². The second kappa shape index (κ2) is 33.7. The van der Waals surface area contributed by atoms with Crippen molar-refractivity contribution in [2.24, 2.45) is 51.9 Å². The molecule has 8 nitrogen and oxygen atoms in total. The van der Waals surface area contributed by atoms with Gasteiger partial charge in [0, 0.05) is 113 Å². The van der Waals surface area contributed by atoms with Gasteiger partial charge in [-0.1, -0.05) is 252 Å². The van der Waals surface area contributed by atoms with E-state index >= 15 is 0 Å². The van der Waals surface area contributed by atoms with Crippen LogP contribution in [0.3, 0.4) is 0 Å². The Bertz CT molecular complexity index is 8400. The maximum absolute atomic E-state index is 6.83. The molecule has 0 amide bonds. The number of fused-ring (bicyclic) bond motifs is 30. The average Bonchev–Trinajstić information content (AvgIpc) is 1.53. The van der Waals surface area contributed by atoms with Crippen molar-refractivity contribution in [3.05, 3.63) is 356 Å². The third-order valence-corrected chi connectivity index (χ3v) is 32.0. The highest BCUT2D eigenvalue weighted by Crippen LogP contribution is 2.64. The zero-order chi connectivity index (χ0) is 95.9. The molecule has 8 heterocycles. The fourth-order valence-corrected chi connectivity index (χ4v) is 26.5. The fourth-order valence-electron chi connectivity index (χ4n) is 26.5. The van der Waals surface area contributed by atoms with E-state index in [0.717, 1.165) is 70.3 Å². The molecule has 25 rings (SSSR count). The van der Waals surface area contributed by atoms with Crippen molar-refractivity contribution >= 4 is 87.8 Å². The van der Waals surface area contributed by atoms with Gasteiger partial charge in [0.05, 0.1) is 22.3 Å². The molecule has 12 aromatic carbocycles. The molecule has 8 heteroatoms. The molecule has 0 N–H and O–H groups in total. The SMILES string of the molecule is Cc1cc[n+](C)c(-c2c(C)ccc3c2oc2ccc4c(c23)-c2ccccc2C4(C)C)c1.Cc1cc[n+](C)c(-c2c(C)ccc3c2oc2ccc4c(c23)-c2ccccc2C4(CC(C)C)CC(C)C)c1.Cc1cc[n+](C)c(-c2c(C)ccc3c2oc2ccc4c(c23)C(CC(C)C)(CC(C)C)c2ccccc2-4)c1.Cc1cc[n+](C)c(-c2c(C)ccc3c2oc2ccc4c(c23)C2(CCCC2)c2ccccc2-4)c1. The fraction of sp³-hybridized carbons (Fsp3) is 0.292. The molecular formula is C130H130N4O4+4. The molecule has 8 aromatic heterocycles. The van der Waals surface area contributed by atoms with Crippen molar-refractivity contribution in [3.8, 4) is 89.5 Å². The number of rotatable bonds is 12. The van der Waals surface area contributed by atoms with Gasteiger partial charge in [-0.3, -0.25) is 0 Å². The maximum Gasteiger partial charge on any atom is 0.216 e. The minimum atomic E-state index is -0.0242. The van der Waals surface area contributed by atoms with Crippen molar-refractivity contribution in [2.75, 3.05) is 0 Å². The number of hydrogen-bond donors (Lipinski definition) is 0. The van der Waals surface area contributed by atoms with Crippen LogP contribution in [0.25, 0.3) is 177 Å². The molecule has 138 heavy (non-hydrogen) atoms. The third-order valence-electron chi connectivity index (χ3n) is 32.0. The topological polar surface area (TPSA) is 68.1 Å². The Morgan fingerprint density at radius 3 is 0.964 bits per heavy atom. The van der Waals surface area contributed by atoms with Gasteiger partial charge in [-0.25, -0.2) is 18.3 Å². The van der Waals surface area contributed by atoms with Gasteiger partial charge in [0.2, 0.25) is 22.8 Å². The highest BCUT2D eigenvalue weighted by molar-refractivity contribution is 6.21. The van der Waals surface area contributed by atoms with Crippen LogP contribution in [0, 0.1) is 79.1 Å². The molecule has 5 aliphatic carbocycles. The van der Waals surface area contributed by atoms with E-state index in [1.54, 1.807) is 0 Å². The summed E-state index contributed by atoms with van der Waals surface area (Å²) in [5.74, 6) is 2.36. The standard InChI is InChI=1S/2C35H38NO.C31H28NO.C29H26NO/c1-21(2)19-35(20-22(3)4)28-11-9-8-10-25(28)26-14-15-30-32(33(26)35)27-13-12-24(6)31(34(27)37-30)29-18-23(5)16-17-36(29)7;1-21(2)19-35(20-22(3)4)27-11-9-8-10-25(27)32-28(35)14-15-30-33(32)26-13-12-24(6)31(34(26)37-30)29-18-23(5)16-17-36(29)7;1-19-14-17-32(3)25(18-19)27-20(2)10-11-23-28-26(33-30(23)27)13-12-22-21-8-4-5-9-24(21)31(29(22)28)15-6-7-16-31;1-17-14-15-30(5)23(16-17)25-18(2)10-11-20-27-24(31-28(20)25)13-12-22-26(27)19-8-6-7-9-21(19)29(22,3)4/h2*8-18,21-22H,19-20H2,1-7H3;4-5,8-14,17-18H,6-7,15-16H2,1-3H3;6-16H,1-5H3/q4*+1. The van der Waals surface area contributed by atoms with Crippen LogP contribution in [0.2, 0.25) is 0 Å². The monoisotopic (exact) mass is 1810 g/mol. The lowest BCUT2D eigenvalue weighted by molar-refractivity contribution is -0.660. The number of benzene rings is 12. The van der Waals surface area contributed by atoms with Crippen LogP contribution in [0.1, 0.15) is 210 Å². The van der Waals surface area contributed by atoms with Gasteiger partial charge in [0.25, 0.3) is 0 Å². The van der Waals surface area contributed by atoms with Gasteiger partial charge in [-0.2, -0.15) is 0 Å². The minimum absolute atomic E-state index is 0.0137. The summed E-state index contributed by atoms with van der Waals surface area (Å²) in [7, 11) is 8.47.